The number of benzene rings is 1. The molecule has 0 heterocycles. The Kier molecular flexibility index (Phi) is 4.64. The Labute approximate surface area is 117 Å². The molecular weight excluding hydrogens is 234 g/mol. The molecule has 0 spiro atoms. The number of aliphatic hydroxyl groups is 1. The maximum Gasteiger partial charge on any atom is 0.0613 e. The lowest BCUT2D eigenvalue weighted by molar-refractivity contribution is 0.0982. The second-order valence-corrected chi connectivity index (χ2v) is 6.35. The van der Waals surface area contributed by atoms with Crippen LogP contribution in [0.25, 0.3) is 0 Å². The number of nitrogens with one attached hydrogen (secondary N) is 1. The van der Waals surface area contributed by atoms with E-state index in [-0.39, 0.29) is 12.1 Å². The highest BCUT2D eigenvalue weighted by molar-refractivity contribution is 5.33. The van der Waals surface area contributed by atoms with Crippen LogP contribution in [0.5, 0.6) is 0 Å². The van der Waals surface area contributed by atoms with Crippen LogP contribution in [-0.4, -0.2) is 17.3 Å². The zero-order chi connectivity index (χ0) is 13.9. The first kappa shape index (κ1) is 14.5. The van der Waals surface area contributed by atoms with E-state index in [1.807, 2.05) is 0 Å². The van der Waals surface area contributed by atoms with E-state index < -0.39 is 0 Å². The topological polar surface area (TPSA) is 32.3 Å². The van der Waals surface area contributed by atoms with E-state index in [1.165, 1.54) is 29.5 Å². The molecule has 0 aliphatic heterocycles. The SMILES string of the molecule is Cc1cccc(CNC2(CO)CCCC(C)C2)c1C. The van der Waals surface area contributed by atoms with Crippen molar-refractivity contribution in [2.24, 2.45) is 5.92 Å². The van der Waals surface area contributed by atoms with Gasteiger partial charge in [0, 0.05) is 12.1 Å². The van der Waals surface area contributed by atoms with Gasteiger partial charge in [0.25, 0.3) is 0 Å². The van der Waals surface area contributed by atoms with E-state index in [0.29, 0.717) is 5.92 Å². The first-order chi connectivity index (χ1) is 9.06. The van der Waals surface area contributed by atoms with Gasteiger partial charge in [-0.1, -0.05) is 38.0 Å². The lowest BCUT2D eigenvalue weighted by atomic mass is 9.76. The molecule has 0 amide bonds. The molecule has 0 bridgehead atoms. The van der Waals surface area contributed by atoms with Crippen LogP contribution < -0.4 is 5.32 Å². The molecule has 1 aliphatic carbocycles. The highest BCUT2D eigenvalue weighted by Gasteiger charge is 2.33. The molecule has 1 aliphatic rings. The molecule has 19 heavy (non-hydrogen) atoms. The van der Waals surface area contributed by atoms with Crippen LogP contribution in [0.2, 0.25) is 0 Å². The van der Waals surface area contributed by atoms with Gasteiger partial charge in [-0.2, -0.15) is 0 Å². The van der Waals surface area contributed by atoms with Crippen molar-refractivity contribution in [2.45, 2.75) is 58.5 Å². The molecule has 106 valence electrons. The van der Waals surface area contributed by atoms with Gasteiger partial charge in [-0.05, 0) is 49.3 Å². The summed E-state index contributed by atoms with van der Waals surface area (Å²) in [5, 5.41) is 13.4. The van der Waals surface area contributed by atoms with E-state index in [1.54, 1.807) is 0 Å². The Hall–Kier alpha value is -0.860. The Morgan fingerprint density at radius 2 is 2.16 bits per heavy atom. The lowest BCUT2D eigenvalue weighted by Gasteiger charge is -2.40. The molecule has 2 nitrogen and oxygen atoms in total. The smallest absolute Gasteiger partial charge is 0.0613 e. The largest absolute Gasteiger partial charge is 0.394 e. The molecule has 2 heteroatoms. The molecular formula is C17H27NO. The van der Waals surface area contributed by atoms with Crippen molar-refractivity contribution >= 4 is 0 Å². The number of aliphatic hydroxyl groups excluding tert-OH is 1. The maximum absolute atomic E-state index is 9.80. The molecule has 2 N–H and O–H groups in total. The summed E-state index contributed by atoms with van der Waals surface area (Å²) in [5.41, 5.74) is 4.00. The van der Waals surface area contributed by atoms with Crippen molar-refractivity contribution in [3.05, 3.63) is 34.9 Å². The molecule has 2 rings (SSSR count). The highest BCUT2D eigenvalue weighted by atomic mass is 16.3. The van der Waals surface area contributed by atoms with Crippen molar-refractivity contribution in [3.63, 3.8) is 0 Å². The minimum absolute atomic E-state index is 0.0617. The predicted molar refractivity (Wildman–Crippen MR) is 80.2 cm³/mol. The summed E-state index contributed by atoms with van der Waals surface area (Å²) in [6, 6.07) is 6.46. The average Bonchev–Trinajstić information content (AvgIpc) is 2.40. The summed E-state index contributed by atoms with van der Waals surface area (Å²) in [6.07, 6.45) is 4.71. The predicted octanol–water partition coefficient (Wildman–Crippen LogP) is 3.33. The number of hydrogen-bond donors (Lipinski definition) is 2. The van der Waals surface area contributed by atoms with Gasteiger partial charge < -0.3 is 10.4 Å². The second kappa shape index (κ2) is 6.06. The van der Waals surface area contributed by atoms with Gasteiger partial charge in [-0.25, -0.2) is 0 Å². The van der Waals surface area contributed by atoms with Crippen LogP contribution in [0.3, 0.4) is 0 Å². The Balaban J connectivity index is 2.05. The van der Waals surface area contributed by atoms with Crippen molar-refractivity contribution in [1.82, 2.24) is 5.32 Å². The third kappa shape index (κ3) is 3.37. The molecule has 1 aromatic carbocycles. The zero-order valence-corrected chi connectivity index (χ0v) is 12.5. The van der Waals surface area contributed by atoms with Gasteiger partial charge in [0.15, 0.2) is 0 Å². The van der Waals surface area contributed by atoms with Crippen LogP contribution in [-0.2, 0) is 6.54 Å². The molecule has 0 aromatic heterocycles. The van der Waals surface area contributed by atoms with Gasteiger partial charge in [0.1, 0.15) is 0 Å². The summed E-state index contributed by atoms with van der Waals surface area (Å²) in [4.78, 5) is 0. The second-order valence-electron chi connectivity index (χ2n) is 6.35. The van der Waals surface area contributed by atoms with Crippen LogP contribution in [0.1, 0.15) is 49.3 Å². The molecule has 0 radical (unpaired) electrons. The minimum atomic E-state index is -0.0617. The third-order valence-electron chi connectivity index (χ3n) is 4.76. The van der Waals surface area contributed by atoms with Crippen LogP contribution >= 0.6 is 0 Å². The minimum Gasteiger partial charge on any atom is -0.394 e. The van der Waals surface area contributed by atoms with Crippen molar-refractivity contribution < 1.29 is 5.11 Å². The molecule has 0 saturated heterocycles. The fraction of sp³-hybridized carbons (Fsp3) is 0.647. The summed E-state index contributed by atoms with van der Waals surface area (Å²) < 4.78 is 0. The van der Waals surface area contributed by atoms with E-state index >= 15 is 0 Å². The van der Waals surface area contributed by atoms with Gasteiger partial charge in [0.05, 0.1) is 6.61 Å². The molecule has 1 saturated carbocycles. The van der Waals surface area contributed by atoms with Crippen molar-refractivity contribution in [2.75, 3.05) is 6.61 Å². The molecule has 1 aromatic rings. The van der Waals surface area contributed by atoms with E-state index in [9.17, 15) is 5.11 Å². The summed E-state index contributed by atoms with van der Waals surface area (Å²) >= 11 is 0. The first-order valence-electron chi connectivity index (χ1n) is 7.47. The normalized spacial score (nSPS) is 27.5. The van der Waals surface area contributed by atoms with Gasteiger partial charge >= 0.3 is 0 Å². The van der Waals surface area contributed by atoms with E-state index in [2.05, 4.69) is 44.3 Å². The Bertz CT molecular complexity index is 429. The average molecular weight is 261 g/mol. The van der Waals surface area contributed by atoms with Gasteiger partial charge in [0.2, 0.25) is 0 Å². The van der Waals surface area contributed by atoms with Crippen LogP contribution in [0.15, 0.2) is 18.2 Å². The Morgan fingerprint density at radius 3 is 2.84 bits per heavy atom. The fourth-order valence-electron chi connectivity index (χ4n) is 3.31. The highest BCUT2D eigenvalue weighted by Crippen LogP contribution is 2.32. The van der Waals surface area contributed by atoms with E-state index in [4.69, 9.17) is 0 Å². The monoisotopic (exact) mass is 261 g/mol. The lowest BCUT2D eigenvalue weighted by Crippen LogP contribution is -2.51. The zero-order valence-electron chi connectivity index (χ0n) is 12.5. The number of rotatable bonds is 4. The molecule has 2 atom stereocenters. The van der Waals surface area contributed by atoms with E-state index in [0.717, 1.165) is 19.4 Å². The number of hydrogen-bond acceptors (Lipinski definition) is 2. The van der Waals surface area contributed by atoms with Crippen LogP contribution in [0, 0.1) is 19.8 Å². The quantitative estimate of drug-likeness (QED) is 0.871. The Morgan fingerprint density at radius 1 is 1.37 bits per heavy atom. The fourth-order valence-corrected chi connectivity index (χ4v) is 3.31. The van der Waals surface area contributed by atoms with Gasteiger partial charge in [-0.15, -0.1) is 0 Å². The van der Waals surface area contributed by atoms with Crippen molar-refractivity contribution in [1.29, 1.82) is 0 Å². The van der Waals surface area contributed by atoms with Crippen molar-refractivity contribution in [3.8, 4) is 0 Å². The third-order valence-corrected chi connectivity index (χ3v) is 4.76. The summed E-state index contributed by atoms with van der Waals surface area (Å²) in [7, 11) is 0. The standard InChI is InChI=1S/C17H27NO/c1-13-6-5-9-17(10-13,12-19)18-11-16-8-4-7-14(2)15(16)3/h4,7-8,13,18-19H,5-6,9-12H2,1-3H3. The first-order valence-corrected chi connectivity index (χ1v) is 7.47. The summed E-state index contributed by atoms with van der Waals surface area (Å²) in [6.45, 7) is 7.75. The number of aryl methyl sites for hydroxylation is 1. The van der Waals surface area contributed by atoms with Crippen LogP contribution in [0.4, 0.5) is 0 Å². The molecule has 2 unspecified atom stereocenters. The van der Waals surface area contributed by atoms with Gasteiger partial charge in [-0.3, -0.25) is 0 Å². The molecule has 1 fully saturated rings. The maximum atomic E-state index is 9.80. The summed E-state index contributed by atoms with van der Waals surface area (Å²) in [5.74, 6) is 0.715.